The molecule has 4 unspecified atom stereocenters. The number of aromatic nitrogens is 2. The van der Waals surface area contributed by atoms with E-state index in [1.54, 1.807) is 0 Å². The van der Waals surface area contributed by atoms with Crippen molar-refractivity contribution in [3.05, 3.63) is 18.2 Å². The van der Waals surface area contributed by atoms with Gasteiger partial charge in [-0.2, -0.15) is 0 Å². The Morgan fingerprint density at radius 2 is 1.62 bits per heavy atom. The van der Waals surface area contributed by atoms with Gasteiger partial charge < -0.3 is 37.5 Å². The van der Waals surface area contributed by atoms with Crippen LogP contribution < -0.4 is 27.4 Å². The van der Waals surface area contributed by atoms with Gasteiger partial charge >= 0.3 is 5.97 Å². The maximum absolute atomic E-state index is 12.8. The van der Waals surface area contributed by atoms with Crippen LogP contribution in [0.15, 0.2) is 12.5 Å². The molecule has 9 N–H and O–H groups in total. The van der Waals surface area contributed by atoms with Crippen molar-refractivity contribution in [3.63, 3.8) is 0 Å². The number of nitrogens with two attached hydrogens (primary N) is 2. The summed E-state index contributed by atoms with van der Waals surface area (Å²) in [7, 11) is 0. The molecule has 0 saturated heterocycles. The van der Waals surface area contributed by atoms with Crippen molar-refractivity contribution < 1.29 is 29.1 Å². The number of nitrogens with one attached hydrogen (secondary N) is 4. The van der Waals surface area contributed by atoms with Crippen molar-refractivity contribution in [2.75, 3.05) is 0 Å². The lowest BCUT2D eigenvalue weighted by Crippen LogP contribution is -2.57. The van der Waals surface area contributed by atoms with E-state index in [0.29, 0.717) is 5.69 Å². The number of aliphatic carboxylic acids is 1. The molecule has 0 aliphatic heterocycles. The molecule has 32 heavy (non-hydrogen) atoms. The van der Waals surface area contributed by atoms with Crippen molar-refractivity contribution >= 4 is 29.6 Å². The third-order valence-corrected chi connectivity index (χ3v) is 4.44. The summed E-state index contributed by atoms with van der Waals surface area (Å²) in [6.45, 7) is 4.90. The number of carbonyl (C=O) groups excluding carboxylic acids is 4. The van der Waals surface area contributed by atoms with Crippen molar-refractivity contribution in [3.8, 4) is 0 Å². The summed E-state index contributed by atoms with van der Waals surface area (Å²) in [6, 6.07) is -4.66. The largest absolute Gasteiger partial charge is 0.480 e. The Bertz CT molecular complexity index is 811. The van der Waals surface area contributed by atoms with Crippen LogP contribution in [0.5, 0.6) is 0 Å². The minimum atomic E-state index is -1.37. The van der Waals surface area contributed by atoms with Gasteiger partial charge in [-0.25, -0.2) is 4.98 Å². The van der Waals surface area contributed by atoms with Crippen LogP contribution in [-0.4, -0.2) is 68.8 Å². The maximum atomic E-state index is 12.8. The third kappa shape index (κ3) is 9.12. The first-order valence-corrected chi connectivity index (χ1v) is 10.1. The summed E-state index contributed by atoms with van der Waals surface area (Å²) in [5.41, 5.74) is 11.7. The second kappa shape index (κ2) is 12.4. The summed E-state index contributed by atoms with van der Waals surface area (Å²) in [6.07, 6.45) is 2.71. The Hall–Kier alpha value is -3.48. The normalized spacial score (nSPS) is 14.7. The topological polar surface area (TPSA) is 222 Å². The average molecular weight is 454 g/mol. The molecule has 0 spiro atoms. The number of nitrogens with zero attached hydrogens (tertiary/aromatic N) is 1. The lowest BCUT2D eigenvalue weighted by Gasteiger charge is -2.25. The minimum absolute atomic E-state index is 0.0295. The third-order valence-electron chi connectivity index (χ3n) is 4.44. The van der Waals surface area contributed by atoms with Gasteiger partial charge in [0.15, 0.2) is 0 Å². The quantitative estimate of drug-likeness (QED) is 0.172. The van der Waals surface area contributed by atoms with Crippen LogP contribution in [0.3, 0.4) is 0 Å². The van der Waals surface area contributed by atoms with Gasteiger partial charge in [-0.15, -0.1) is 0 Å². The number of aromatic amines is 1. The van der Waals surface area contributed by atoms with Crippen LogP contribution >= 0.6 is 0 Å². The number of amides is 4. The number of rotatable bonds is 13. The zero-order valence-corrected chi connectivity index (χ0v) is 18.3. The average Bonchev–Trinajstić information content (AvgIpc) is 3.18. The molecule has 1 aromatic rings. The number of carboxylic acids is 1. The summed E-state index contributed by atoms with van der Waals surface area (Å²) >= 11 is 0. The standard InChI is InChI=1S/C19H31N7O6/c1-9(2)4-13(17(29)24-10(3)19(31)32)26-18(30)14(6-15(21)27)25-16(28)12(20)5-11-7-22-8-23-11/h7-10,12-14H,4-6,20H2,1-3H3,(H2,21,27)(H,22,23)(H,24,29)(H,25,28)(H,26,30)(H,31,32). The number of hydrogen-bond donors (Lipinski definition) is 7. The van der Waals surface area contributed by atoms with Gasteiger partial charge in [0, 0.05) is 18.3 Å². The molecule has 1 aromatic heterocycles. The van der Waals surface area contributed by atoms with Gasteiger partial charge in [0.05, 0.1) is 18.8 Å². The fourth-order valence-electron chi connectivity index (χ4n) is 2.77. The molecule has 178 valence electrons. The van der Waals surface area contributed by atoms with Crippen LogP contribution in [0.1, 0.15) is 39.3 Å². The lowest BCUT2D eigenvalue weighted by atomic mass is 10.0. The summed E-state index contributed by atoms with van der Waals surface area (Å²) in [5.74, 6) is -4.35. The summed E-state index contributed by atoms with van der Waals surface area (Å²) in [4.78, 5) is 66.8. The monoisotopic (exact) mass is 453 g/mol. The molecule has 1 rings (SSSR count). The molecule has 0 radical (unpaired) electrons. The van der Waals surface area contributed by atoms with E-state index < -0.39 is 60.2 Å². The molecule has 4 amide bonds. The van der Waals surface area contributed by atoms with Crippen LogP contribution in [0.4, 0.5) is 0 Å². The van der Waals surface area contributed by atoms with Gasteiger partial charge in [0.1, 0.15) is 18.1 Å². The van der Waals surface area contributed by atoms with E-state index >= 15 is 0 Å². The molecule has 0 bridgehead atoms. The van der Waals surface area contributed by atoms with Crippen LogP contribution in [0.2, 0.25) is 0 Å². The predicted molar refractivity (Wildman–Crippen MR) is 113 cm³/mol. The van der Waals surface area contributed by atoms with Gasteiger partial charge in [-0.05, 0) is 19.3 Å². The zero-order chi connectivity index (χ0) is 24.4. The van der Waals surface area contributed by atoms with Crippen LogP contribution in [-0.2, 0) is 30.4 Å². The molecule has 0 saturated carbocycles. The number of hydrogen-bond acceptors (Lipinski definition) is 7. The van der Waals surface area contributed by atoms with Crippen molar-refractivity contribution in [2.45, 2.75) is 64.2 Å². The molecule has 0 aliphatic rings. The van der Waals surface area contributed by atoms with Gasteiger partial charge in [0.2, 0.25) is 23.6 Å². The Kier molecular flexibility index (Phi) is 10.3. The highest BCUT2D eigenvalue weighted by molar-refractivity contribution is 5.96. The van der Waals surface area contributed by atoms with Gasteiger partial charge in [0.25, 0.3) is 0 Å². The highest BCUT2D eigenvalue weighted by atomic mass is 16.4. The second-order valence-corrected chi connectivity index (χ2v) is 7.88. The molecule has 4 atom stereocenters. The van der Waals surface area contributed by atoms with Gasteiger partial charge in [-0.3, -0.25) is 24.0 Å². The van der Waals surface area contributed by atoms with E-state index in [1.165, 1.54) is 19.4 Å². The first-order valence-electron chi connectivity index (χ1n) is 10.1. The molecular weight excluding hydrogens is 422 g/mol. The number of carbonyl (C=O) groups is 5. The first-order chi connectivity index (χ1) is 14.9. The van der Waals surface area contributed by atoms with E-state index in [9.17, 15) is 24.0 Å². The van der Waals surface area contributed by atoms with E-state index in [-0.39, 0.29) is 18.8 Å². The highest BCUT2D eigenvalue weighted by Gasteiger charge is 2.30. The number of carboxylic acid groups (broad SMARTS) is 1. The maximum Gasteiger partial charge on any atom is 0.325 e. The summed E-state index contributed by atoms with van der Waals surface area (Å²) in [5, 5.41) is 16.1. The molecular formula is C19H31N7O6. The Labute approximate surface area is 185 Å². The number of H-pyrrole nitrogens is 1. The molecule has 1 heterocycles. The fourth-order valence-corrected chi connectivity index (χ4v) is 2.77. The molecule has 0 fully saturated rings. The lowest BCUT2D eigenvalue weighted by molar-refractivity contribution is -0.142. The van der Waals surface area contributed by atoms with E-state index in [0.717, 1.165) is 0 Å². The molecule has 13 nitrogen and oxygen atoms in total. The van der Waals surface area contributed by atoms with Crippen LogP contribution in [0.25, 0.3) is 0 Å². The summed E-state index contributed by atoms with van der Waals surface area (Å²) < 4.78 is 0. The van der Waals surface area contributed by atoms with Gasteiger partial charge in [-0.1, -0.05) is 13.8 Å². The minimum Gasteiger partial charge on any atom is -0.480 e. The molecule has 0 aromatic carbocycles. The van der Waals surface area contributed by atoms with Crippen LogP contribution in [0, 0.1) is 5.92 Å². The highest BCUT2D eigenvalue weighted by Crippen LogP contribution is 2.07. The van der Waals surface area contributed by atoms with E-state index in [1.807, 2.05) is 13.8 Å². The van der Waals surface area contributed by atoms with E-state index in [2.05, 4.69) is 25.9 Å². The van der Waals surface area contributed by atoms with Crippen molar-refractivity contribution in [1.82, 2.24) is 25.9 Å². The predicted octanol–water partition coefficient (Wildman–Crippen LogP) is -2.24. The smallest absolute Gasteiger partial charge is 0.325 e. The van der Waals surface area contributed by atoms with Crippen molar-refractivity contribution in [1.29, 1.82) is 0 Å². The Balaban J connectivity index is 2.89. The fraction of sp³-hybridized carbons (Fsp3) is 0.579. The molecule has 0 aliphatic carbocycles. The first kappa shape index (κ1) is 26.6. The Morgan fingerprint density at radius 1 is 1.03 bits per heavy atom. The second-order valence-electron chi connectivity index (χ2n) is 7.88. The number of imidazole rings is 1. The Morgan fingerprint density at radius 3 is 2.12 bits per heavy atom. The van der Waals surface area contributed by atoms with E-state index in [4.69, 9.17) is 16.6 Å². The molecule has 13 heteroatoms. The SMILES string of the molecule is CC(C)CC(NC(=O)C(CC(N)=O)NC(=O)C(N)Cc1cnc[nH]1)C(=O)NC(C)C(=O)O. The number of primary amides is 1. The zero-order valence-electron chi connectivity index (χ0n) is 18.3. The van der Waals surface area contributed by atoms with Crippen molar-refractivity contribution in [2.24, 2.45) is 17.4 Å².